The molecule has 0 heterocycles. The maximum atomic E-state index is 7.61. The Balaban J connectivity index is 3.26. The third-order valence-corrected chi connectivity index (χ3v) is 0.976. The van der Waals surface area contributed by atoms with Gasteiger partial charge in [-0.05, 0) is 24.9 Å². The molecule has 1 aromatic rings. The fourth-order valence-corrected chi connectivity index (χ4v) is 0.539. The van der Waals surface area contributed by atoms with Gasteiger partial charge in [0.1, 0.15) is 0 Å². The molecular weight excluding hydrogens is 122 g/mol. The van der Waals surface area contributed by atoms with Crippen LogP contribution in [-0.4, -0.2) is 6.50 Å². The highest BCUT2D eigenvalue weighted by molar-refractivity contribution is 5.14. The molecule has 1 aromatic carbocycles. The van der Waals surface area contributed by atoms with E-state index in [1.165, 1.54) is 0 Å². The van der Waals surface area contributed by atoms with E-state index < -0.39 is 43.1 Å². The Hall–Kier alpha value is -0.820. The van der Waals surface area contributed by atoms with Gasteiger partial charge in [-0.25, -0.2) is 0 Å². The van der Waals surface area contributed by atoms with Crippen LogP contribution in [0, 0.1) is 0 Å². The highest BCUT2D eigenvalue weighted by atomic mass is 14.5. The molecule has 0 amide bonds. The second kappa shape index (κ2) is 4.07. The quantitative estimate of drug-likeness (QED) is 0.683. The minimum atomic E-state index is -2.29. The number of hydrogen-bond donors (Lipinski definition) is 1. The van der Waals surface area contributed by atoms with E-state index >= 15 is 0 Å². The molecule has 0 aliphatic carbocycles. The van der Waals surface area contributed by atoms with E-state index in [0.717, 1.165) is 0 Å². The molecule has 10 heavy (non-hydrogen) atoms. The van der Waals surface area contributed by atoms with Gasteiger partial charge in [-0.1, -0.05) is 30.2 Å². The Bertz CT molecular complexity index is 438. The van der Waals surface area contributed by atoms with Crippen molar-refractivity contribution in [2.75, 3.05) is 6.50 Å². The van der Waals surface area contributed by atoms with Crippen molar-refractivity contribution in [3.8, 4) is 0 Å². The van der Waals surface area contributed by atoms with Crippen LogP contribution in [0.4, 0.5) is 0 Å². The fraction of sp³-hybridized carbons (Fsp3) is 0.333. The van der Waals surface area contributed by atoms with Crippen molar-refractivity contribution >= 4 is 0 Å². The smallest absolute Gasteiger partial charge is 0.0626 e. The topological polar surface area (TPSA) is 26.0 Å². The molecule has 0 aliphatic heterocycles. The molecule has 0 saturated carbocycles. The Labute approximate surface area is 73.1 Å². The van der Waals surface area contributed by atoms with Gasteiger partial charge < -0.3 is 5.73 Å². The Morgan fingerprint density at radius 1 is 1.40 bits per heavy atom. The van der Waals surface area contributed by atoms with Crippen LogP contribution in [-0.2, 0) is 6.42 Å². The predicted molar refractivity (Wildman–Crippen MR) is 43.8 cm³/mol. The molecule has 0 spiro atoms. The lowest BCUT2D eigenvalue weighted by molar-refractivity contribution is 0.833. The molecule has 1 unspecified atom stereocenters. The van der Waals surface area contributed by atoms with Gasteiger partial charge in [-0.2, -0.15) is 0 Å². The summed E-state index contributed by atoms with van der Waals surface area (Å²) in [5, 5.41) is 0. The molecule has 1 rings (SSSR count). The van der Waals surface area contributed by atoms with Crippen molar-refractivity contribution in [3.05, 3.63) is 35.8 Å². The standard InChI is InChI=1S/C9H13N/c10-8-4-7-9-5-2-1-3-6-9/h1-3,5-6H,4,7-8,10H2/i1D,2D,3D,4D,5D,6D,8D2. The zero-order valence-electron chi connectivity index (χ0n) is 13.4. The van der Waals surface area contributed by atoms with Crippen LogP contribution in [0.15, 0.2) is 30.2 Å². The van der Waals surface area contributed by atoms with Gasteiger partial charge in [0.2, 0.25) is 0 Å². The third kappa shape index (κ3) is 2.19. The average molecular weight is 143 g/mol. The summed E-state index contributed by atoms with van der Waals surface area (Å²) in [6.07, 6.45) is -1.74. The van der Waals surface area contributed by atoms with E-state index in [1.54, 1.807) is 0 Å². The van der Waals surface area contributed by atoms with E-state index in [4.69, 9.17) is 16.7 Å². The summed E-state index contributed by atoms with van der Waals surface area (Å²) in [5.74, 6) is 0. The summed E-state index contributed by atoms with van der Waals surface area (Å²) in [6, 6.07) is -2.32. The Morgan fingerprint density at radius 3 is 2.70 bits per heavy atom. The first-order valence-corrected chi connectivity index (χ1v) is 2.84. The number of hydrogen-bond acceptors (Lipinski definition) is 1. The molecule has 0 bridgehead atoms. The zero-order chi connectivity index (χ0) is 14.2. The number of nitrogens with two attached hydrogens (primary N) is 1. The second-order valence-corrected chi connectivity index (χ2v) is 1.68. The van der Waals surface area contributed by atoms with E-state index in [0.29, 0.717) is 0 Å². The van der Waals surface area contributed by atoms with Gasteiger partial charge in [0.25, 0.3) is 0 Å². The monoisotopic (exact) mass is 143 g/mol. The lowest BCUT2D eigenvalue weighted by Crippen LogP contribution is -1.99. The number of rotatable bonds is 3. The first-order valence-electron chi connectivity index (χ1n) is 6.92. The molecule has 0 fully saturated rings. The Morgan fingerprint density at radius 2 is 2.10 bits per heavy atom. The summed E-state index contributed by atoms with van der Waals surface area (Å²) >= 11 is 0. The van der Waals surface area contributed by atoms with Gasteiger partial charge in [0.05, 0.1) is 6.85 Å². The van der Waals surface area contributed by atoms with Crippen LogP contribution in [0.25, 0.3) is 0 Å². The molecule has 54 valence electrons. The van der Waals surface area contributed by atoms with Crippen molar-refractivity contribution in [2.45, 2.75) is 12.8 Å². The van der Waals surface area contributed by atoms with Gasteiger partial charge in [0.15, 0.2) is 0 Å². The van der Waals surface area contributed by atoms with E-state index in [2.05, 4.69) is 0 Å². The van der Waals surface area contributed by atoms with Gasteiger partial charge in [-0.15, -0.1) is 0 Å². The first kappa shape index (κ1) is 2.08. The lowest BCUT2D eigenvalue weighted by atomic mass is 10.1. The highest BCUT2D eigenvalue weighted by Gasteiger charge is 1.87. The van der Waals surface area contributed by atoms with Crippen LogP contribution in [0.3, 0.4) is 0 Å². The fourth-order valence-electron chi connectivity index (χ4n) is 0.539. The summed E-state index contributed by atoms with van der Waals surface area (Å²) in [7, 11) is 0. The number of benzene rings is 1. The summed E-state index contributed by atoms with van der Waals surface area (Å²) in [4.78, 5) is 0. The summed E-state index contributed by atoms with van der Waals surface area (Å²) in [6.45, 7) is -2.29. The van der Waals surface area contributed by atoms with E-state index in [9.17, 15) is 0 Å². The maximum absolute atomic E-state index is 7.61. The van der Waals surface area contributed by atoms with Gasteiger partial charge in [0, 0.05) is 4.11 Å². The molecule has 2 N–H and O–H groups in total. The van der Waals surface area contributed by atoms with Gasteiger partial charge in [-0.3, -0.25) is 0 Å². The van der Waals surface area contributed by atoms with Crippen LogP contribution in [0.1, 0.15) is 22.9 Å². The Kier molecular flexibility index (Phi) is 0.847. The van der Waals surface area contributed by atoms with E-state index in [-0.39, 0.29) is 12.0 Å². The molecule has 1 atom stereocenters. The largest absolute Gasteiger partial charge is 0.330 e. The molecule has 0 saturated heterocycles. The molecular formula is C9H13N. The van der Waals surface area contributed by atoms with Crippen LogP contribution in [0.2, 0.25) is 0 Å². The van der Waals surface area contributed by atoms with Gasteiger partial charge >= 0.3 is 0 Å². The first-order chi connectivity index (χ1) is 8.07. The van der Waals surface area contributed by atoms with Crippen molar-refractivity contribution in [3.63, 3.8) is 0 Å². The zero-order valence-corrected chi connectivity index (χ0v) is 5.36. The second-order valence-electron chi connectivity index (χ2n) is 1.68. The van der Waals surface area contributed by atoms with E-state index in [1.807, 2.05) is 0 Å². The molecule has 0 radical (unpaired) electrons. The summed E-state index contributed by atoms with van der Waals surface area (Å²) in [5.41, 5.74) is 5.04. The minimum Gasteiger partial charge on any atom is -0.330 e. The van der Waals surface area contributed by atoms with Crippen LogP contribution >= 0.6 is 0 Å². The maximum Gasteiger partial charge on any atom is 0.0626 e. The van der Waals surface area contributed by atoms with Crippen molar-refractivity contribution in [1.82, 2.24) is 0 Å². The molecule has 1 heteroatoms. The minimum absolute atomic E-state index is 0.0877. The molecule has 0 aliphatic rings. The lowest BCUT2D eigenvalue weighted by Gasteiger charge is -1.96. The predicted octanol–water partition coefficient (Wildman–Crippen LogP) is 1.58. The summed E-state index contributed by atoms with van der Waals surface area (Å²) < 4.78 is 59.4. The molecule has 0 aromatic heterocycles. The highest BCUT2D eigenvalue weighted by Crippen LogP contribution is 2.00. The normalized spacial score (nSPS) is 25.7. The van der Waals surface area contributed by atoms with Crippen molar-refractivity contribution in [2.24, 2.45) is 5.73 Å². The third-order valence-electron chi connectivity index (χ3n) is 0.976. The van der Waals surface area contributed by atoms with Crippen LogP contribution < -0.4 is 5.73 Å². The molecule has 1 nitrogen and oxygen atoms in total. The van der Waals surface area contributed by atoms with Crippen molar-refractivity contribution in [1.29, 1.82) is 0 Å². The van der Waals surface area contributed by atoms with Crippen molar-refractivity contribution < 1.29 is 11.0 Å². The van der Waals surface area contributed by atoms with Crippen LogP contribution in [0.5, 0.6) is 0 Å². The average Bonchev–Trinajstić information content (AvgIpc) is 2.28. The SMILES string of the molecule is [2H]c1c([2H])c([2H])c(CC([2H])C([2H])([2H])N)c([2H])c1[2H].